The van der Waals surface area contributed by atoms with Gasteiger partial charge >= 0.3 is 0 Å². The van der Waals surface area contributed by atoms with Crippen LogP contribution < -0.4 is 0 Å². The van der Waals surface area contributed by atoms with Crippen molar-refractivity contribution < 1.29 is 14.3 Å². The van der Waals surface area contributed by atoms with Gasteiger partial charge in [-0.15, -0.1) is 0 Å². The third kappa shape index (κ3) is 2.73. The molecule has 4 rings (SSSR count). The van der Waals surface area contributed by atoms with Gasteiger partial charge in [0.15, 0.2) is 0 Å². The third-order valence-corrected chi connectivity index (χ3v) is 5.83. The Balaban J connectivity index is 1.44. The molecule has 24 heavy (non-hydrogen) atoms. The number of aromatic nitrogens is 1. The van der Waals surface area contributed by atoms with E-state index in [1.165, 1.54) is 0 Å². The second-order valence-electron chi connectivity index (χ2n) is 7.28. The number of amides is 2. The fourth-order valence-corrected chi connectivity index (χ4v) is 4.36. The fourth-order valence-electron chi connectivity index (χ4n) is 4.36. The van der Waals surface area contributed by atoms with Crippen LogP contribution in [0.25, 0.3) is 0 Å². The minimum atomic E-state index is 0.0704. The van der Waals surface area contributed by atoms with Crippen LogP contribution in [0.3, 0.4) is 0 Å². The van der Waals surface area contributed by atoms with Gasteiger partial charge < -0.3 is 19.1 Å². The Kier molecular flexibility index (Phi) is 4.08. The maximum atomic E-state index is 12.8. The Morgan fingerprint density at radius 2 is 2.25 bits per heavy atom. The summed E-state index contributed by atoms with van der Waals surface area (Å²) in [6.45, 7) is 3.84. The number of likely N-dealkylation sites (tertiary alicyclic amines) is 2. The van der Waals surface area contributed by atoms with Gasteiger partial charge in [-0.25, -0.2) is 0 Å². The van der Waals surface area contributed by atoms with Gasteiger partial charge in [0.05, 0.1) is 12.7 Å². The molecular weight excluding hydrogens is 306 g/mol. The highest BCUT2D eigenvalue weighted by Crippen LogP contribution is 2.35. The topological polar surface area (TPSA) is 54.8 Å². The number of ether oxygens (including phenoxy) is 1. The first-order chi connectivity index (χ1) is 11.6. The van der Waals surface area contributed by atoms with Crippen molar-refractivity contribution in [3.63, 3.8) is 0 Å². The fraction of sp³-hybridized carbons (Fsp3) is 0.667. The minimum absolute atomic E-state index is 0.0704. The zero-order valence-corrected chi connectivity index (χ0v) is 14.2. The Morgan fingerprint density at radius 1 is 1.38 bits per heavy atom. The molecule has 0 N–H and O–H groups in total. The highest BCUT2D eigenvalue weighted by molar-refractivity contribution is 5.92. The molecule has 130 valence electrons. The summed E-state index contributed by atoms with van der Waals surface area (Å²) in [4.78, 5) is 28.6. The Morgan fingerprint density at radius 3 is 2.96 bits per heavy atom. The largest absolute Gasteiger partial charge is 0.376 e. The number of aryl methyl sites for hydroxylation is 1. The summed E-state index contributed by atoms with van der Waals surface area (Å²) < 4.78 is 7.89. The summed E-state index contributed by atoms with van der Waals surface area (Å²) in [5.41, 5.74) is 0.735. The molecule has 6 nitrogen and oxygen atoms in total. The molecule has 1 aromatic heterocycles. The van der Waals surface area contributed by atoms with Gasteiger partial charge in [-0.2, -0.15) is 0 Å². The predicted molar refractivity (Wildman–Crippen MR) is 88.5 cm³/mol. The molecule has 0 aliphatic carbocycles. The van der Waals surface area contributed by atoms with E-state index in [2.05, 4.69) is 0 Å². The molecule has 0 aromatic carbocycles. The number of piperidine rings is 1. The number of hydrogen-bond acceptors (Lipinski definition) is 3. The number of rotatable bonds is 3. The standard InChI is InChI=1S/C18H25N3O3/c1-19-7-2-4-15(19)18(23)21-9-6-13-12-24-16(14(13)10-21)11-20-8-3-5-17(20)22/h2,4,7,13-14,16H,3,5-6,8-12H2,1H3/t13-,14-,16+/m0/s1. The summed E-state index contributed by atoms with van der Waals surface area (Å²) in [5, 5.41) is 0. The van der Waals surface area contributed by atoms with E-state index in [0.29, 0.717) is 24.8 Å². The van der Waals surface area contributed by atoms with Gasteiger partial charge in [0.2, 0.25) is 5.91 Å². The van der Waals surface area contributed by atoms with E-state index in [9.17, 15) is 9.59 Å². The number of carbonyl (C=O) groups excluding carboxylic acids is 2. The molecule has 3 aliphatic heterocycles. The van der Waals surface area contributed by atoms with Crippen LogP contribution in [0, 0.1) is 11.8 Å². The van der Waals surface area contributed by atoms with Gasteiger partial charge in [-0.3, -0.25) is 9.59 Å². The molecule has 3 fully saturated rings. The summed E-state index contributed by atoms with van der Waals surface area (Å²) >= 11 is 0. The quantitative estimate of drug-likeness (QED) is 0.834. The Hall–Kier alpha value is -1.82. The molecule has 0 radical (unpaired) electrons. The van der Waals surface area contributed by atoms with E-state index < -0.39 is 0 Å². The Labute approximate surface area is 142 Å². The Bertz CT molecular complexity index is 641. The highest BCUT2D eigenvalue weighted by atomic mass is 16.5. The minimum Gasteiger partial charge on any atom is -0.376 e. The van der Waals surface area contributed by atoms with Crippen LogP contribution in [-0.4, -0.2) is 65.1 Å². The average molecular weight is 331 g/mol. The highest BCUT2D eigenvalue weighted by Gasteiger charge is 2.43. The van der Waals surface area contributed by atoms with Crippen molar-refractivity contribution in [1.29, 1.82) is 0 Å². The van der Waals surface area contributed by atoms with Crippen LogP contribution in [0.15, 0.2) is 18.3 Å². The van der Waals surface area contributed by atoms with Crippen LogP contribution in [0.1, 0.15) is 29.8 Å². The van der Waals surface area contributed by atoms with E-state index in [0.717, 1.165) is 44.8 Å². The van der Waals surface area contributed by atoms with Crippen LogP contribution in [0.4, 0.5) is 0 Å². The first-order valence-electron chi connectivity index (χ1n) is 8.93. The monoisotopic (exact) mass is 331 g/mol. The van der Waals surface area contributed by atoms with Crippen molar-refractivity contribution in [3.05, 3.63) is 24.0 Å². The van der Waals surface area contributed by atoms with E-state index in [4.69, 9.17) is 4.74 Å². The first kappa shape index (κ1) is 15.7. The third-order valence-electron chi connectivity index (χ3n) is 5.83. The maximum absolute atomic E-state index is 12.8. The lowest BCUT2D eigenvalue weighted by molar-refractivity contribution is -0.129. The summed E-state index contributed by atoms with van der Waals surface area (Å²) in [7, 11) is 1.90. The van der Waals surface area contributed by atoms with E-state index in [-0.39, 0.29) is 17.9 Å². The molecule has 0 unspecified atom stereocenters. The van der Waals surface area contributed by atoms with Crippen LogP contribution in [-0.2, 0) is 16.6 Å². The summed E-state index contributed by atoms with van der Waals surface area (Å²) in [6.07, 6.45) is 4.59. The first-order valence-corrected chi connectivity index (χ1v) is 8.93. The molecule has 3 aliphatic rings. The van der Waals surface area contributed by atoms with E-state index in [1.807, 2.05) is 39.7 Å². The molecule has 3 atom stereocenters. The normalized spacial score (nSPS) is 30.0. The SMILES string of the molecule is Cn1cccc1C(=O)N1CC[C@H]2CO[C@H](CN3CCCC3=O)[C@H]2C1. The molecule has 3 saturated heterocycles. The van der Waals surface area contributed by atoms with Crippen molar-refractivity contribution in [2.75, 3.05) is 32.8 Å². The second kappa shape index (κ2) is 6.24. The lowest BCUT2D eigenvalue weighted by Gasteiger charge is -2.36. The zero-order valence-electron chi connectivity index (χ0n) is 14.2. The average Bonchev–Trinajstić information content (AvgIpc) is 3.29. The summed E-state index contributed by atoms with van der Waals surface area (Å²) in [5.74, 6) is 1.21. The van der Waals surface area contributed by atoms with Gasteiger partial charge in [0, 0.05) is 51.8 Å². The molecule has 0 spiro atoms. The van der Waals surface area contributed by atoms with Gasteiger partial charge in [-0.05, 0) is 30.9 Å². The summed E-state index contributed by atoms with van der Waals surface area (Å²) in [6, 6.07) is 3.78. The van der Waals surface area contributed by atoms with Crippen LogP contribution in [0.2, 0.25) is 0 Å². The lowest BCUT2D eigenvalue weighted by atomic mass is 9.84. The molecule has 1 aromatic rings. The van der Waals surface area contributed by atoms with Crippen molar-refractivity contribution in [2.24, 2.45) is 18.9 Å². The van der Waals surface area contributed by atoms with Crippen molar-refractivity contribution in [2.45, 2.75) is 25.4 Å². The van der Waals surface area contributed by atoms with E-state index >= 15 is 0 Å². The maximum Gasteiger partial charge on any atom is 0.270 e. The molecule has 2 amide bonds. The molecule has 4 heterocycles. The lowest BCUT2D eigenvalue weighted by Crippen LogP contribution is -2.47. The van der Waals surface area contributed by atoms with Crippen molar-refractivity contribution in [3.8, 4) is 0 Å². The molecule has 0 bridgehead atoms. The van der Waals surface area contributed by atoms with Crippen molar-refractivity contribution >= 4 is 11.8 Å². The van der Waals surface area contributed by atoms with Crippen molar-refractivity contribution in [1.82, 2.24) is 14.4 Å². The smallest absolute Gasteiger partial charge is 0.270 e. The van der Waals surface area contributed by atoms with Crippen LogP contribution >= 0.6 is 0 Å². The molecular formula is C18H25N3O3. The van der Waals surface area contributed by atoms with Gasteiger partial charge in [0.1, 0.15) is 5.69 Å². The molecule has 0 saturated carbocycles. The van der Waals surface area contributed by atoms with Gasteiger partial charge in [-0.1, -0.05) is 0 Å². The number of carbonyl (C=O) groups is 2. The van der Waals surface area contributed by atoms with Gasteiger partial charge in [0.25, 0.3) is 5.91 Å². The zero-order chi connectivity index (χ0) is 16.7. The number of nitrogens with zero attached hydrogens (tertiary/aromatic N) is 3. The van der Waals surface area contributed by atoms with Crippen LogP contribution in [0.5, 0.6) is 0 Å². The number of fused-ring (bicyclic) bond motifs is 1. The van der Waals surface area contributed by atoms with E-state index in [1.54, 1.807) is 0 Å². The predicted octanol–water partition coefficient (Wildman–Crippen LogP) is 1.12. The molecule has 6 heteroatoms. The number of hydrogen-bond donors (Lipinski definition) is 0. The second-order valence-corrected chi connectivity index (χ2v) is 7.28.